The number of hydrogen-bond donors (Lipinski definition) is 1. The minimum Gasteiger partial charge on any atom is -0.481 e. The number of carboxylic acids is 1. The second-order valence-corrected chi connectivity index (χ2v) is 10.7. The lowest BCUT2D eigenvalue weighted by molar-refractivity contribution is -0.151. The third-order valence-corrected chi connectivity index (χ3v) is 8.48. The molecule has 39 heavy (non-hydrogen) atoms. The number of benzene rings is 1. The number of alkyl halides is 3. The minimum absolute atomic E-state index is 0.114. The number of ether oxygens (including phenoxy) is 1. The molecule has 2 atom stereocenters. The summed E-state index contributed by atoms with van der Waals surface area (Å²) in [6.45, 7) is 4.21. The minimum atomic E-state index is -4.43. The first-order chi connectivity index (χ1) is 18.5. The van der Waals surface area contributed by atoms with E-state index in [1.165, 1.54) is 6.07 Å². The van der Waals surface area contributed by atoms with Crippen LogP contribution in [0.1, 0.15) is 38.2 Å². The van der Waals surface area contributed by atoms with Gasteiger partial charge in [0, 0.05) is 69.4 Å². The third-order valence-electron chi connectivity index (χ3n) is 8.48. The van der Waals surface area contributed by atoms with E-state index in [0.29, 0.717) is 75.4 Å². The van der Waals surface area contributed by atoms with Crippen LogP contribution in [0.3, 0.4) is 0 Å². The Labute approximate surface area is 224 Å². The van der Waals surface area contributed by atoms with E-state index >= 15 is 0 Å². The summed E-state index contributed by atoms with van der Waals surface area (Å²) in [4.78, 5) is 43.4. The number of esters is 1. The van der Waals surface area contributed by atoms with Crippen LogP contribution in [0, 0.1) is 5.92 Å². The molecule has 1 N–H and O–H groups in total. The van der Waals surface area contributed by atoms with Gasteiger partial charge in [0.15, 0.2) is 0 Å². The Bertz CT molecular complexity index is 1210. The molecule has 1 aromatic carbocycles. The van der Waals surface area contributed by atoms with Gasteiger partial charge >= 0.3 is 18.1 Å². The Kier molecular flexibility index (Phi) is 7.21. The molecule has 0 bridgehead atoms. The topological polar surface area (TPSA) is 90.4 Å². The molecule has 2 fully saturated rings. The number of halogens is 3. The molecule has 0 aromatic heterocycles. The maximum atomic E-state index is 13.7. The molecule has 1 aliphatic carbocycles. The van der Waals surface area contributed by atoms with Gasteiger partial charge in [0.2, 0.25) is 0 Å². The molecule has 3 heterocycles. The Morgan fingerprint density at radius 2 is 1.72 bits per heavy atom. The number of carbonyl (C=O) groups is 3. The molecule has 8 nitrogen and oxygen atoms in total. The van der Waals surface area contributed by atoms with Gasteiger partial charge in [-0.25, -0.2) is 4.79 Å². The number of piperidine rings is 1. The van der Waals surface area contributed by atoms with Crippen molar-refractivity contribution in [2.24, 2.45) is 5.92 Å². The number of aliphatic carboxylic acids is 1. The van der Waals surface area contributed by atoms with E-state index in [1.807, 2.05) is 11.0 Å². The zero-order chi connectivity index (χ0) is 27.9. The second-order valence-electron chi connectivity index (χ2n) is 10.7. The number of piperazine rings is 1. The average molecular weight is 548 g/mol. The lowest BCUT2D eigenvalue weighted by Crippen LogP contribution is -2.54. The van der Waals surface area contributed by atoms with Gasteiger partial charge in [-0.1, -0.05) is 18.2 Å². The number of anilines is 1. The maximum Gasteiger partial charge on any atom is 0.416 e. The van der Waals surface area contributed by atoms with Crippen molar-refractivity contribution < 1.29 is 37.4 Å². The molecule has 5 rings (SSSR count). The van der Waals surface area contributed by atoms with Gasteiger partial charge in [-0.2, -0.15) is 13.2 Å². The highest BCUT2D eigenvalue weighted by molar-refractivity contribution is 6.07. The fraction of sp³-hybridized carbons (Fsp3) is 0.536. The summed E-state index contributed by atoms with van der Waals surface area (Å²) in [7, 11) is 0. The Morgan fingerprint density at radius 1 is 1.03 bits per heavy atom. The Morgan fingerprint density at radius 3 is 2.31 bits per heavy atom. The molecule has 3 aliphatic heterocycles. The third kappa shape index (κ3) is 5.28. The summed E-state index contributed by atoms with van der Waals surface area (Å²) in [5.41, 5.74) is -0.531. The van der Waals surface area contributed by atoms with Crippen molar-refractivity contribution in [2.45, 2.75) is 50.4 Å². The molecule has 0 saturated carbocycles. The largest absolute Gasteiger partial charge is 0.481 e. The molecule has 2 unspecified atom stereocenters. The predicted octanol–water partition coefficient (Wildman–Crippen LogP) is 3.48. The first-order valence-corrected chi connectivity index (χ1v) is 13.3. The van der Waals surface area contributed by atoms with Gasteiger partial charge in [-0.15, -0.1) is 0 Å². The number of hydrogen-bond acceptors (Lipinski definition) is 6. The molecule has 210 valence electrons. The molecular formula is C28H32F3N3O5. The van der Waals surface area contributed by atoms with E-state index in [9.17, 15) is 32.7 Å². The van der Waals surface area contributed by atoms with Crippen molar-refractivity contribution in [3.8, 4) is 0 Å². The molecule has 0 radical (unpaired) electrons. The SMILES string of the molecule is CC1=C(C(=O)N2CCN(c3cccc(C(F)(F)F)c3)CC2)C2(CCN(C3C=CC(C(=O)O)CC3)CC2)OC1=O. The van der Waals surface area contributed by atoms with Gasteiger partial charge in [0.1, 0.15) is 5.60 Å². The van der Waals surface area contributed by atoms with Gasteiger partial charge in [-0.3, -0.25) is 14.5 Å². The van der Waals surface area contributed by atoms with E-state index in [2.05, 4.69) is 4.90 Å². The van der Waals surface area contributed by atoms with Crippen molar-refractivity contribution in [3.63, 3.8) is 0 Å². The highest BCUT2D eigenvalue weighted by Gasteiger charge is 2.52. The zero-order valence-corrected chi connectivity index (χ0v) is 21.7. The summed E-state index contributed by atoms with van der Waals surface area (Å²) < 4.78 is 45.3. The lowest BCUT2D eigenvalue weighted by atomic mass is 9.81. The number of rotatable bonds is 4. The number of carbonyl (C=O) groups excluding carboxylic acids is 2. The van der Waals surface area contributed by atoms with E-state index in [-0.39, 0.29) is 11.9 Å². The van der Waals surface area contributed by atoms with Crippen LogP contribution in [0.5, 0.6) is 0 Å². The molecular weight excluding hydrogens is 515 g/mol. The van der Waals surface area contributed by atoms with Gasteiger partial charge in [-0.05, 0) is 38.0 Å². The van der Waals surface area contributed by atoms with E-state index in [1.54, 1.807) is 24.0 Å². The molecule has 4 aliphatic rings. The lowest BCUT2D eigenvalue weighted by Gasteiger charge is -2.44. The highest BCUT2D eigenvalue weighted by atomic mass is 19.4. The Balaban J connectivity index is 1.24. The maximum absolute atomic E-state index is 13.7. The number of likely N-dealkylation sites (tertiary alicyclic amines) is 1. The summed E-state index contributed by atoms with van der Waals surface area (Å²) in [5.74, 6) is -2.02. The molecule has 1 amide bonds. The summed E-state index contributed by atoms with van der Waals surface area (Å²) in [6.07, 6.45) is 1.50. The van der Waals surface area contributed by atoms with Crippen LogP contribution < -0.4 is 4.90 Å². The van der Waals surface area contributed by atoms with Crippen LogP contribution >= 0.6 is 0 Å². The fourth-order valence-electron chi connectivity index (χ4n) is 6.19. The summed E-state index contributed by atoms with van der Waals surface area (Å²) in [6, 6.07) is 5.30. The monoisotopic (exact) mass is 547 g/mol. The molecule has 2 saturated heterocycles. The normalized spacial score (nSPS) is 25.8. The van der Waals surface area contributed by atoms with Crippen LogP contribution in [0.25, 0.3) is 0 Å². The van der Waals surface area contributed by atoms with E-state index in [4.69, 9.17) is 4.74 Å². The van der Waals surface area contributed by atoms with Gasteiger partial charge in [0.25, 0.3) is 5.91 Å². The fourth-order valence-corrected chi connectivity index (χ4v) is 6.19. The van der Waals surface area contributed by atoms with Crippen molar-refractivity contribution in [3.05, 3.63) is 53.1 Å². The van der Waals surface area contributed by atoms with Crippen molar-refractivity contribution >= 4 is 23.5 Å². The summed E-state index contributed by atoms with van der Waals surface area (Å²) >= 11 is 0. The molecule has 11 heteroatoms. The van der Waals surface area contributed by atoms with E-state index < -0.39 is 35.2 Å². The number of carboxylic acid groups (broad SMARTS) is 1. The average Bonchev–Trinajstić information content (AvgIpc) is 3.17. The first kappa shape index (κ1) is 27.2. The first-order valence-electron chi connectivity index (χ1n) is 13.3. The van der Waals surface area contributed by atoms with Crippen molar-refractivity contribution in [1.29, 1.82) is 0 Å². The Hall–Kier alpha value is -3.34. The van der Waals surface area contributed by atoms with E-state index in [0.717, 1.165) is 18.6 Å². The zero-order valence-electron chi connectivity index (χ0n) is 21.7. The molecule has 1 spiro atoms. The predicted molar refractivity (Wildman–Crippen MR) is 136 cm³/mol. The van der Waals surface area contributed by atoms with Gasteiger partial charge < -0.3 is 19.6 Å². The van der Waals surface area contributed by atoms with Crippen LogP contribution in [-0.4, -0.2) is 83.7 Å². The standard InChI is InChI=1S/C28H32F3N3O5/c1-18-23(24(35)34-15-13-33(14-16-34)22-4-2-3-20(17-22)28(29,30)31)27(39-26(18)38)9-11-32(12-10-27)21-7-5-19(6-8-21)25(36)37/h2-5,7,17,19,21H,6,8-16H2,1H3,(H,36,37). The summed E-state index contributed by atoms with van der Waals surface area (Å²) in [5, 5.41) is 9.23. The molecule has 1 aromatic rings. The number of amides is 1. The van der Waals surface area contributed by atoms with Crippen LogP contribution in [0.4, 0.5) is 18.9 Å². The quantitative estimate of drug-likeness (QED) is 0.456. The van der Waals surface area contributed by atoms with Crippen LogP contribution in [0.2, 0.25) is 0 Å². The smallest absolute Gasteiger partial charge is 0.416 e. The second kappa shape index (κ2) is 10.3. The van der Waals surface area contributed by atoms with Gasteiger partial charge in [0.05, 0.1) is 17.1 Å². The van der Waals surface area contributed by atoms with Crippen LogP contribution in [-0.2, 0) is 25.3 Å². The van der Waals surface area contributed by atoms with Crippen molar-refractivity contribution in [2.75, 3.05) is 44.2 Å². The number of nitrogens with zero attached hydrogens (tertiary/aromatic N) is 3. The van der Waals surface area contributed by atoms with Crippen molar-refractivity contribution in [1.82, 2.24) is 9.80 Å². The highest BCUT2D eigenvalue weighted by Crippen LogP contribution is 2.43. The van der Waals surface area contributed by atoms with Crippen LogP contribution in [0.15, 0.2) is 47.6 Å².